The number of ether oxygens (including phenoxy) is 3. The van der Waals surface area contributed by atoms with E-state index in [9.17, 15) is 19.2 Å². The Morgan fingerprint density at radius 1 is 0.920 bits per heavy atom. The molecule has 0 amide bonds. The van der Waals surface area contributed by atoms with Gasteiger partial charge in [-0.05, 0) is 24.3 Å². The third kappa shape index (κ3) is 3.32. The molecule has 0 aromatic heterocycles. The molecule has 2 rings (SSSR count). The van der Waals surface area contributed by atoms with Crippen molar-refractivity contribution in [3.8, 4) is 5.75 Å². The molecule has 1 aromatic rings. The molecule has 0 saturated carbocycles. The number of rotatable bonds is 4. The maximum absolute atomic E-state index is 12.3. The van der Waals surface area contributed by atoms with Crippen LogP contribution in [0.25, 0.3) is 5.57 Å². The first kappa shape index (κ1) is 18.4. The van der Waals surface area contributed by atoms with E-state index in [-0.39, 0.29) is 33.0 Å². The Labute approximate surface area is 147 Å². The summed E-state index contributed by atoms with van der Waals surface area (Å²) in [7, 11) is 3.58. The van der Waals surface area contributed by atoms with Crippen molar-refractivity contribution in [1.82, 2.24) is 0 Å². The minimum atomic E-state index is -0.842. The van der Waals surface area contributed by atoms with Crippen LogP contribution in [0.3, 0.4) is 0 Å². The average Bonchev–Trinajstić information content (AvgIpc) is 2.63. The van der Waals surface area contributed by atoms with Crippen molar-refractivity contribution in [2.24, 2.45) is 0 Å². The highest BCUT2D eigenvalue weighted by Gasteiger charge is 2.31. The number of hydrogen-bond donors (Lipinski definition) is 0. The van der Waals surface area contributed by atoms with Crippen molar-refractivity contribution < 1.29 is 33.4 Å². The maximum atomic E-state index is 12.3. The number of benzene rings is 1. The molecular weight excluding hydrogens is 352 g/mol. The zero-order valence-corrected chi connectivity index (χ0v) is 14.3. The van der Waals surface area contributed by atoms with Gasteiger partial charge in [-0.2, -0.15) is 0 Å². The fourth-order valence-electron chi connectivity index (χ4n) is 2.31. The van der Waals surface area contributed by atoms with E-state index < -0.39 is 23.5 Å². The minimum Gasteiger partial charge on any atom is -0.496 e. The molecule has 8 heteroatoms. The van der Waals surface area contributed by atoms with Gasteiger partial charge in [0.25, 0.3) is 0 Å². The molecule has 25 heavy (non-hydrogen) atoms. The Morgan fingerprint density at radius 2 is 1.52 bits per heavy atom. The predicted molar refractivity (Wildman–Crippen MR) is 87.6 cm³/mol. The number of carbonyl (C=O) groups is 4. The molecule has 0 N–H and O–H groups in total. The maximum Gasteiger partial charge on any atom is 0.338 e. The van der Waals surface area contributed by atoms with Gasteiger partial charge in [-0.3, -0.25) is 9.59 Å². The molecule has 1 aliphatic rings. The highest BCUT2D eigenvalue weighted by atomic mass is 35.5. The quantitative estimate of drug-likeness (QED) is 0.594. The summed E-state index contributed by atoms with van der Waals surface area (Å²) in [5.74, 6) is -2.75. The third-order valence-electron chi connectivity index (χ3n) is 3.47. The van der Waals surface area contributed by atoms with Crippen LogP contribution in [0.1, 0.15) is 26.3 Å². The topological polar surface area (TPSA) is 96.0 Å². The van der Waals surface area contributed by atoms with Crippen molar-refractivity contribution in [2.45, 2.75) is 0 Å². The molecule has 0 spiro atoms. The van der Waals surface area contributed by atoms with Crippen LogP contribution in [0.4, 0.5) is 0 Å². The van der Waals surface area contributed by atoms with E-state index >= 15 is 0 Å². The molecule has 0 heterocycles. The van der Waals surface area contributed by atoms with Gasteiger partial charge in [-0.1, -0.05) is 11.6 Å². The van der Waals surface area contributed by atoms with Crippen LogP contribution in [0.15, 0.2) is 29.3 Å². The standard InChI is InChI=1S/C17H13ClO7/c1-23-12-7-8(16(21)24-2)6-9(17(22)25-3)13(12)14-10(19)4-5-11(20)15(14)18/h4-7H,1-3H3. The van der Waals surface area contributed by atoms with E-state index in [1.54, 1.807) is 0 Å². The van der Waals surface area contributed by atoms with Gasteiger partial charge >= 0.3 is 11.9 Å². The summed E-state index contributed by atoms with van der Waals surface area (Å²) >= 11 is 6.00. The first-order valence-corrected chi connectivity index (χ1v) is 7.29. The number of allylic oxidation sites excluding steroid dienone is 4. The lowest BCUT2D eigenvalue weighted by atomic mass is 9.90. The fraction of sp³-hybridized carbons (Fsp3) is 0.176. The molecular formula is C17H13ClO7. The smallest absolute Gasteiger partial charge is 0.338 e. The summed E-state index contributed by atoms with van der Waals surface area (Å²) in [4.78, 5) is 48.1. The Balaban J connectivity index is 2.86. The summed E-state index contributed by atoms with van der Waals surface area (Å²) in [5.41, 5.74) is -0.394. The second kappa shape index (κ2) is 7.31. The van der Waals surface area contributed by atoms with Crippen LogP contribution in [0.2, 0.25) is 0 Å². The lowest BCUT2D eigenvalue weighted by molar-refractivity contribution is -0.113. The summed E-state index contributed by atoms with van der Waals surface area (Å²) in [6.07, 6.45) is 2.07. The summed E-state index contributed by atoms with van der Waals surface area (Å²) < 4.78 is 14.5. The van der Waals surface area contributed by atoms with E-state index in [0.29, 0.717) is 0 Å². The van der Waals surface area contributed by atoms with E-state index in [2.05, 4.69) is 4.74 Å². The minimum absolute atomic E-state index is 0.00495. The predicted octanol–water partition coefficient (Wildman–Crippen LogP) is 1.93. The zero-order chi connectivity index (χ0) is 18.7. The molecule has 0 fully saturated rings. The first-order chi connectivity index (χ1) is 11.8. The van der Waals surface area contributed by atoms with Crippen LogP contribution in [-0.4, -0.2) is 44.8 Å². The number of methoxy groups -OCH3 is 3. The summed E-state index contributed by atoms with van der Waals surface area (Å²) in [6.45, 7) is 0. The van der Waals surface area contributed by atoms with Gasteiger partial charge in [0.1, 0.15) is 5.75 Å². The Kier molecular flexibility index (Phi) is 5.38. The number of hydrogen-bond acceptors (Lipinski definition) is 7. The number of carbonyl (C=O) groups excluding carboxylic acids is 4. The van der Waals surface area contributed by atoms with Crippen molar-refractivity contribution in [3.05, 3.63) is 46.0 Å². The molecule has 1 aliphatic carbocycles. The van der Waals surface area contributed by atoms with Gasteiger partial charge in [0.2, 0.25) is 0 Å². The SMILES string of the molecule is COC(=O)c1cc(OC)c(C2=C(Cl)C(=O)C=CC2=O)c(C(=O)OC)c1. The van der Waals surface area contributed by atoms with Crippen molar-refractivity contribution >= 4 is 40.7 Å². The molecule has 7 nitrogen and oxygen atoms in total. The molecule has 0 atom stereocenters. The molecule has 130 valence electrons. The van der Waals surface area contributed by atoms with Gasteiger partial charge in [0.15, 0.2) is 11.6 Å². The average molecular weight is 365 g/mol. The first-order valence-electron chi connectivity index (χ1n) is 6.91. The fourth-order valence-corrected chi connectivity index (χ4v) is 2.56. The van der Waals surface area contributed by atoms with Gasteiger partial charge in [-0.15, -0.1) is 0 Å². The van der Waals surface area contributed by atoms with Crippen LogP contribution in [-0.2, 0) is 19.1 Å². The third-order valence-corrected chi connectivity index (χ3v) is 3.84. The number of ketones is 2. The zero-order valence-electron chi connectivity index (χ0n) is 13.5. The number of esters is 2. The Hall–Kier alpha value is -2.93. The molecule has 0 aliphatic heterocycles. The van der Waals surface area contributed by atoms with E-state index in [0.717, 1.165) is 19.3 Å². The highest BCUT2D eigenvalue weighted by Crippen LogP contribution is 2.37. The lowest BCUT2D eigenvalue weighted by Crippen LogP contribution is -2.17. The van der Waals surface area contributed by atoms with Gasteiger partial charge in [0, 0.05) is 5.56 Å². The van der Waals surface area contributed by atoms with Gasteiger partial charge in [0.05, 0.1) is 43.1 Å². The van der Waals surface area contributed by atoms with Crippen LogP contribution in [0, 0.1) is 0 Å². The normalized spacial score (nSPS) is 13.8. The molecule has 0 bridgehead atoms. The molecule has 0 unspecified atom stereocenters. The number of halogens is 1. The molecule has 0 saturated heterocycles. The van der Waals surface area contributed by atoms with Crippen molar-refractivity contribution in [2.75, 3.05) is 21.3 Å². The molecule has 1 aromatic carbocycles. The van der Waals surface area contributed by atoms with E-state index in [4.69, 9.17) is 21.1 Å². The Bertz CT molecular complexity index is 849. The Morgan fingerprint density at radius 3 is 2.08 bits per heavy atom. The van der Waals surface area contributed by atoms with Crippen LogP contribution in [0.5, 0.6) is 5.75 Å². The van der Waals surface area contributed by atoms with E-state index in [1.807, 2.05) is 0 Å². The summed E-state index contributed by atoms with van der Waals surface area (Å²) in [5, 5.41) is -0.359. The molecule has 0 radical (unpaired) electrons. The highest BCUT2D eigenvalue weighted by molar-refractivity contribution is 6.54. The van der Waals surface area contributed by atoms with Crippen LogP contribution < -0.4 is 4.74 Å². The second-order valence-electron chi connectivity index (χ2n) is 4.84. The van der Waals surface area contributed by atoms with Crippen LogP contribution >= 0.6 is 11.6 Å². The van der Waals surface area contributed by atoms with Gasteiger partial charge < -0.3 is 14.2 Å². The largest absolute Gasteiger partial charge is 0.496 e. The van der Waals surface area contributed by atoms with Gasteiger partial charge in [-0.25, -0.2) is 9.59 Å². The van der Waals surface area contributed by atoms with Crippen molar-refractivity contribution in [1.29, 1.82) is 0 Å². The summed E-state index contributed by atoms with van der Waals surface area (Å²) in [6, 6.07) is 2.46. The van der Waals surface area contributed by atoms with Crippen molar-refractivity contribution in [3.63, 3.8) is 0 Å². The van der Waals surface area contributed by atoms with E-state index in [1.165, 1.54) is 26.4 Å². The monoisotopic (exact) mass is 364 g/mol. The second-order valence-corrected chi connectivity index (χ2v) is 5.21. The lowest BCUT2D eigenvalue weighted by Gasteiger charge is -2.18.